The lowest BCUT2D eigenvalue weighted by Crippen LogP contribution is -2.31. The average molecular weight is 539 g/mol. The van der Waals surface area contributed by atoms with Gasteiger partial charge in [-0.2, -0.15) is 0 Å². The number of anilines is 2. The summed E-state index contributed by atoms with van der Waals surface area (Å²) in [7, 11) is 4.66. The molecule has 0 fully saturated rings. The smallest absolute Gasteiger partial charge is 0.259 e. The fourth-order valence-corrected chi connectivity index (χ4v) is 4.20. The van der Waals surface area contributed by atoms with Crippen LogP contribution in [-0.2, 0) is 6.54 Å². The molecule has 40 heavy (non-hydrogen) atoms. The lowest BCUT2D eigenvalue weighted by Gasteiger charge is -2.23. The van der Waals surface area contributed by atoms with E-state index in [0.717, 1.165) is 17.7 Å². The van der Waals surface area contributed by atoms with Gasteiger partial charge in [0, 0.05) is 30.5 Å². The van der Waals surface area contributed by atoms with Crippen LogP contribution in [0.25, 0.3) is 11.4 Å². The number of rotatable bonds is 12. The first-order valence-corrected chi connectivity index (χ1v) is 13.1. The highest BCUT2D eigenvalue weighted by Gasteiger charge is 2.23. The number of ether oxygens (including phenoxy) is 3. The third kappa shape index (κ3) is 6.77. The second-order valence-electron chi connectivity index (χ2n) is 8.91. The summed E-state index contributed by atoms with van der Waals surface area (Å²) in [6, 6.07) is 23.1. The maximum absolute atomic E-state index is 14.0. The molecular formula is C32H34N4O4. The van der Waals surface area contributed by atoms with Crippen LogP contribution in [0.15, 0.2) is 91.1 Å². The van der Waals surface area contributed by atoms with Gasteiger partial charge in [0.1, 0.15) is 11.4 Å². The lowest BCUT2D eigenvalue weighted by atomic mass is 10.1. The number of hydrogen-bond donors (Lipinski definition) is 1. The monoisotopic (exact) mass is 538 g/mol. The Labute approximate surface area is 235 Å². The fourth-order valence-electron chi connectivity index (χ4n) is 4.20. The molecule has 4 rings (SSSR count). The molecule has 0 aliphatic carbocycles. The molecule has 1 amide bonds. The summed E-state index contributed by atoms with van der Waals surface area (Å²) in [5.41, 5.74) is 2.84. The van der Waals surface area contributed by atoms with E-state index in [-0.39, 0.29) is 5.91 Å². The number of para-hydroxylation sites is 1. The molecule has 0 saturated carbocycles. The lowest BCUT2D eigenvalue weighted by molar-refractivity contribution is 0.0762. The van der Waals surface area contributed by atoms with Crippen molar-refractivity contribution in [1.82, 2.24) is 14.9 Å². The Morgan fingerprint density at radius 2 is 1.55 bits per heavy atom. The van der Waals surface area contributed by atoms with E-state index in [2.05, 4.69) is 23.3 Å². The minimum absolute atomic E-state index is 0.181. The summed E-state index contributed by atoms with van der Waals surface area (Å²) in [5.74, 6) is 2.05. The molecule has 0 radical (unpaired) electrons. The molecule has 0 aliphatic heterocycles. The van der Waals surface area contributed by atoms with Crippen molar-refractivity contribution in [3.05, 3.63) is 102 Å². The molecule has 0 atom stereocenters. The van der Waals surface area contributed by atoms with Gasteiger partial charge in [0.05, 0.1) is 21.3 Å². The Kier molecular flexibility index (Phi) is 9.72. The highest BCUT2D eigenvalue weighted by molar-refractivity contribution is 5.99. The molecule has 1 heterocycles. The molecule has 3 aromatic carbocycles. The molecule has 1 aromatic heterocycles. The topological polar surface area (TPSA) is 85.8 Å². The van der Waals surface area contributed by atoms with Crippen LogP contribution < -0.4 is 19.5 Å². The zero-order valence-electron chi connectivity index (χ0n) is 23.3. The third-order valence-corrected chi connectivity index (χ3v) is 6.21. The third-order valence-electron chi connectivity index (χ3n) is 6.21. The van der Waals surface area contributed by atoms with E-state index in [1.165, 1.54) is 0 Å². The average Bonchev–Trinajstić information content (AvgIpc) is 3.00. The molecule has 206 valence electrons. The Hall–Kier alpha value is -4.85. The molecule has 0 aliphatic rings. The normalized spacial score (nSPS) is 10.8. The molecular weight excluding hydrogens is 504 g/mol. The van der Waals surface area contributed by atoms with Gasteiger partial charge in [0.25, 0.3) is 5.91 Å². The Morgan fingerprint density at radius 1 is 0.900 bits per heavy atom. The van der Waals surface area contributed by atoms with Crippen molar-refractivity contribution in [1.29, 1.82) is 0 Å². The highest BCUT2D eigenvalue weighted by atomic mass is 16.5. The minimum Gasteiger partial charge on any atom is -0.493 e. The van der Waals surface area contributed by atoms with Gasteiger partial charge in [0.15, 0.2) is 17.3 Å². The number of carbonyl (C=O) groups is 1. The standard InChI is InChI=1S/C32H34N4O4/c1-5-6-13-18-36(22-23-14-9-7-10-15-23)32(37)26-21-33-30(35-31(26)34-25-16-11-8-12-17-25)24-19-27(38-2)29(40-4)28(20-24)39-3/h6-17,19-21H,5,18,22H2,1-4H3,(H,33,34,35)/b13-6+. The van der Waals surface area contributed by atoms with Crippen LogP contribution >= 0.6 is 0 Å². The molecule has 0 unspecified atom stereocenters. The maximum atomic E-state index is 14.0. The van der Waals surface area contributed by atoms with E-state index in [1.807, 2.05) is 66.7 Å². The molecule has 4 aromatic rings. The first-order valence-electron chi connectivity index (χ1n) is 13.1. The van der Waals surface area contributed by atoms with Gasteiger partial charge >= 0.3 is 0 Å². The van der Waals surface area contributed by atoms with E-state index in [9.17, 15) is 4.79 Å². The minimum atomic E-state index is -0.181. The summed E-state index contributed by atoms with van der Waals surface area (Å²) in [4.78, 5) is 25.2. The molecule has 8 nitrogen and oxygen atoms in total. The first kappa shape index (κ1) is 28.2. The molecule has 0 spiro atoms. The van der Waals surface area contributed by atoms with Crippen LogP contribution in [0.5, 0.6) is 17.2 Å². The van der Waals surface area contributed by atoms with Crippen molar-refractivity contribution >= 4 is 17.4 Å². The van der Waals surface area contributed by atoms with Crippen LogP contribution in [0.2, 0.25) is 0 Å². The van der Waals surface area contributed by atoms with E-state index in [1.54, 1.807) is 44.6 Å². The van der Waals surface area contributed by atoms with Crippen molar-refractivity contribution in [3.8, 4) is 28.6 Å². The van der Waals surface area contributed by atoms with Crippen molar-refractivity contribution in [3.63, 3.8) is 0 Å². The number of allylic oxidation sites excluding steroid dienone is 1. The second kappa shape index (κ2) is 13.8. The summed E-state index contributed by atoms with van der Waals surface area (Å²) in [6.07, 6.45) is 6.52. The number of hydrogen-bond acceptors (Lipinski definition) is 7. The predicted octanol–water partition coefficient (Wildman–Crippen LogP) is 6.52. The Balaban J connectivity index is 1.78. The quantitative estimate of drug-likeness (QED) is 0.206. The SMILES string of the molecule is CC/C=C/CN(Cc1ccccc1)C(=O)c1cnc(-c2cc(OC)c(OC)c(OC)c2)nc1Nc1ccccc1. The Morgan fingerprint density at radius 3 is 2.15 bits per heavy atom. The van der Waals surface area contributed by atoms with Crippen molar-refractivity contribution < 1.29 is 19.0 Å². The zero-order chi connectivity index (χ0) is 28.3. The second-order valence-corrected chi connectivity index (χ2v) is 8.91. The van der Waals surface area contributed by atoms with Crippen molar-refractivity contribution in [2.24, 2.45) is 0 Å². The van der Waals surface area contributed by atoms with Gasteiger partial charge < -0.3 is 24.4 Å². The summed E-state index contributed by atoms with van der Waals surface area (Å²) in [5, 5.41) is 3.33. The number of methoxy groups -OCH3 is 3. The highest BCUT2D eigenvalue weighted by Crippen LogP contribution is 2.40. The number of carbonyl (C=O) groups excluding carboxylic acids is 1. The van der Waals surface area contributed by atoms with Gasteiger partial charge in [-0.05, 0) is 36.2 Å². The van der Waals surface area contributed by atoms with Crippen LogP contribution in [0.1, 0.15) is 29.3 Å². The number of benzene rings is 3. The molecule has 1 N–H and O–H groups in total. The molecule has 8 heteroatoms. The van der Waals surface area contributed by atoms with Gasteiger partial charge in [-0.25, -0.2) is 9.97 Å². The van der Waals surface area contributed by atoms with E-state index >= 15 is 0 Å². The van der Waals surface area contributed by atoms with E-state index in [0.29, 0.717) is 53.1 Å². The number of nitrogens with one attached hydrogen (secondary N) is 1. The van der Waals surface area contributed by atoms with Crippen LogP contribution in [0.4, 0.5) is 11.5 Å². The van der Waals surface area contributed by atoms with Gasteiger partial charge in [0.2, 0.25) is 5.75 Å². The number of aromatic nitrogens is 2. The van der Waals surface area contributed by atoms with Crippen molar-refractivity contribution in [2.75, 3.05) is 33.2 Å². The maximum Gasteiger partial charge on any atom is 0.259 e. The molecule has 0 saturated heterocycles. The van der Waals surface area contributed by atoms with Crippen LogP contribution in [0.3, 0.4) is 0 Å². The molecule has 0 bridgehead atoms. The largest absolute Gasteiger partial charge is 0.493 e. The summed E-state index contributed by atoms with van der Waals surface area (Å²) < 4.78 is 16.5. The number of amides is 1. The van der Waals surface area contributed by atoms with Gasteiger partial charge in [-0.3, -0.25) is 4.79 Å². The van der Waals surface area contributed by atoms with Gasteiger partial charge in [-0.1, -0.05) is 67.6 Å². The van der Waals surface area contributed by atoms with Gasteiger partial charge in [-0.15, -0.1) is 0 Å². The summed E-state index contributed by atoms with van der Waals surface area (Å²) >= 11 is 0. The van der Waals surface area contributed by atoms with E-state index in [4.69, 9.17) is 19.2 Å². The first-order chi connectivity index (χ1) is 19.6. The Bertz CT molecular complexity index is 1420. The number of nitrogens with zero attached hydrogens (tertiary/aromatic N) is 3. The fraction of sp³-hybridized carbons (Fsp3) is 0.219. The van der Waals surface area contributed by atoms with Crippen LogP contribution in [-0.4, -0.2) is 48.6 Å². The van der Waals surface area contributed by atoms with Crippen molar-refractivity contribution in [2.45, 2.75) is 19.9 Å². The zero-order valence-corrected chi connectivity index (χ0v) is 23.3. The van der Waals surface area contributed by atoms with Crippen LogP contribution in [0, 0.1) is 0 Å². The predicted molar refractivity (Wildman–Crippen MR) is 157 cm³/mol. The van der Waals surface area contributed by atoms with E-state index < -0.39 is 0 Å². The summed E-state index contributed by atoms with van der Waals surface area (Å²) in [6.45, 7) is 2.98.